The maximum Gasteiger partial charge on any atom is 0.192 e. The molecule has 25 heavy (non-hydrogen) atoms. The van der Waals surface area contributed by atoms with E-state index in [0.717, 1.165) is 29.1 Å². The molecule has 0 amide bonds. The number of benzene rings is 1. The maximum atomic E-state index is 13.8. The Bertz CT molecular complexity index is 763. The Labute approximate surface area is 149 Å². The molecule has 0 bridgehead atoms. The van der Waals surface area contributed by atoms with E-state index in [2.05, 4.69) is 20.7 Å². The Balaban J connectivity index is 2.15. The van der Waals surface area contributed by atoms with Gasteiger partial charge in [0.05, 0.1) is 18.3 Å². The number of nitrogens with zero attached hydrogens (tertiary/aromatic N) is 3. The van der Waals surface area contributed by atoms with Crippen molar-refractivity contribution in [2.75, 3.05) is 6.54 Å². The lowest BCUT2D eigenvalue weighted by Crippen LogP contribution is -2.38. The second-order valence-corrected chi connectivity index (χ2v) is 6.34. The molecule has 0 aliphatic heterocycles. The van der Waals surface area contributed by atoms with Gasteiger partial charge in [0.2, 0.25) is 0 Å². The number of nitrogens with one attached hydrogen (secondary N) is 2. The second-order valence-electron chi connectivity index (χ2n) is 6.34. The average Bonchev–Trinajstić information content (AvgIpc) is 2.80. The molecule has 0 radical (unpaired) electrons. The molecule has 0 spiro atoms. The van der Waals surface area contributed by atoms with E-state index in [9.17, 15) is 4.39 Å². The Hall–Kier alpha value is -2.37. The summed E-state index contributed by atoms with van der Waals surface area (Å²) >= 11 is 0. The molecule has 0 fully saturated rings. The van der Waals surface area contributed by atoms with E-state index in [1.807, 2.05) is 45.5 Å². The van der Waals surface area contributed by atoms with Crippen molar-refractivity contribution in [3.05, 3.63) is 52.1 Å². The predicted molar refractivity (Wildman–Crippen MR) is 100 cm³/mol. The summed E-state index contributed by atoms with van der Waals surface area (Å²) in [6.07, 6.45) is 0. The van der Waals surface area contributed by atoms with Crippen molar-refractivity contribution >= 4 is 5.96 Å². The monoisotopic (exact) mass is 345 g/mol. The summed E-state index contributed by atoms with van der Waals surface area (Å²) in [6.45, 7) is 11.1. The smallest absolute Gasteiger partial charge is 0.192 e. The summed E-state index contributed by atoms with van der Waals surface area (Å²) in [5.74, 6) is 0.522. The normalized spacial score (nSPS) is 13.0. The van der Waals surface area contributed by atoms with Gasteiger partial charge in [-0.05, 0) is 51.8 Å². The van der Waals surface area contributed by atoms with Crippen LogP contribution in [0.1, 0.15) is 48.0 Å². The van der Waals surface area contributed by atoms with Gasteiger partial charge >= 0.3 is 0 Å². The van der Waals surface area contributed by atoms with Crippen LogP contribution in [0.25, 0.3) is 0 Å². The van der Waals surface area contributed by atoms with E-state index < -0.39 is 0 Å². The number of aryl methyl sites for hydroxylation is 3. The van der Waals surface area contributed by atoms with Gasteiger partial charge in [0.1, 0.15) is 5.82 Å². The molecule has 136 valence electrons. The van der Waals surface area contributed by atoms with Crippen molar-refractivity contribution in [1.29, 1.82) is 0 Å². The van der Waals surface area contributed by atoms with Crippen LogP contribution < -0.4 is 10.6 Å². The van der Waals surface area contributed by atoms with E-state index in [0.29, 0.717) is 18.1 Å². The molecule has 2 N–H and O–H groups in total. The highest BCUT2D eigenvalue weighted by molar-refractivity contribution is 5.80. The van der Waals surface area contributed by atoms with Crippen LogP contribution in [0.5, 0.6) is 0 Å². The Morgan fingerprint density at radius 3 is 2.60 bits per heavy atom. The number of aromatic nitrogens is 2. The first-order valence-corrected chi connectivity index (χ1v) is 8.63. The van der Waals surface area contributed by atoms with Crippen LogP contribution in [-0.4, -0.2) is 22.3 Å². The molecule has 6 heteroatoms. The largest absolute Gasteiger partial charge is 0.357 e. The number of aliphatic imine (C=N–C) groups is 1. The van der Waals surface area contributed by atoms with Gasteiger partial charge in [0.25, 0.3) is 0 Å². The van der Waals surface area contributed by atoms with E-state index in [1.165, 1.54) is 0 Å². The Morgan fingerprint density at radius 2 is 2.04 bits per heavy atom. The van der Waals surface area contributed by atoms with E-state index in [-0.39, 0.29) is 11.9 Å². The Kier molecular flexibility index (Phi) is 6.17. The fraction of sp³-hybridized carbons (Fsp3) is 0.474. The summed E-state index contributed by atoms with van der Waals surface area (Å²) in [5.41, 5.74) is 4.79. The average molecular weight is 345 g/mol. The van der Waals surface area contributed by atoms with Gasteiger partial charge in [0.15, 0.2) is 5.96 Å². The third-order valence-electron chi connectivity index (χ3n) is 4.45. The molecule has 1 aromatic heterocycles. The number of guanidine groups is 1. The minimum atomic E-state index is -0.185. The third-order valence-corrected chi connectivity index (χ3v) is 4.45. The molecule has 1 atom stereocenters. The summed E-state index contributed by atoms with van der Waals surface area (Å²) in [4.78, 5) is 4.67. The number of rotatable bonds is 5. The fourth-order valence-corrected chi connectivity index (χ4v) is 2.69. The molecule has 5 nitrogen and oxygen atoms in total. The molecule has 2 aromatic rings. The fourth-order valence-electron chi connectivity index (χ4n) is 2.69. The standard InChI is InChI=1S/C19H28FN5/c1-7-21-19(22-11-17-14(4)24-25(6)15(17)5)23-13(3)16-9-8-12(2)18(20)10-16/h8-10,13H,7,11H2,1-6H3,(H2,21,22,23). The molecule has 0 saturated heterocycles. The first kappa shape index (κ1) is 19.0. The first-order chi connectivity index (χ1) is 11.8. The third kappa shape index (κ3) is 4.59. The highest BCUT2D eigenvalue weighted by atomic mass is 19.1. The highest BCUT2D eigenvalue weighted by Crippen LogP contribution is 2.17. The van der Waals surface area contributed by atoms with Crippen LogP contribution in [0.15, 0.2) is 23.2 Å². The molecule has 1 aromatic carbocycles. The van der Waals surface area contributed by atoms with Gasteiger partial charge in [-0.1, -0.05) is 12.1 Å². The maximum absolute atomic E-state index is 13.8. The van der Waals surface area contributed by atoms with Gasteiger partial charge in [0, 0.05) is 24.8 Å². The number of hydrogen-bond donors (Lipinski definition) is 2. The summed E-state index contributed by atoms with van der Waals surface area (Å²) in [5, 5.41) is 11.0. The van der Waals surface area contributed by atoms with Crippen molar-refractivity contribution in [2.24, 2.45) is 12.0 Å². The van der Waals surface area contributed by atoms with Crippen molar-refractivity contribution in [3.63, 3.8) is 0 Å². The number of halogens is 1. The topological polar surface area (TPSA) is 54.2 Å². The molecular formula is C19H28FN5. The summed E-state index contributed by atoms with van der Waals surface area (Å²) in [7, 11) is 1.94. The van der Waals surface area contributed by atoms with E-state index in [4.69, 9.17) is 0 Å². The lowest BCUT2D eigenvalue weighted by Gasteiger charge is -2.18. The zero-order valence-electron chi connectivity index (χ0n) is 15.9. The highest BCUT2D eigenvalue weighted by Gasteiger charge is 2.12. The van der Waals surface area contributed by atoms with Gasteiger partial charge < -0.3 is 10.6 Å². The zero-order chi connectivity index (χ0) is 18.6. The molecule has 1 unspecified atom stereocenters. The van der Waals surface area contributed by atoms with Crippen molar-refractivity contribution in [2.45, 2.75) is 47.2 Å². The van der Waals surface area contributed by atoms with Crippen LogP contribution >= 0.6 is 0 Å². The van der Waals surface area contributed by atoms with E-state index >= 15 is 0 Å². The van der Waals surface area contributed by atoms with Crippen LogP contribution in [-0.2, 0) is 13.6 Å². The molecule has 0 aliphatic rings. The minimum absolute atomic E-state index is 0.0519. The van der Waals surface area contributed by atoms with Gasteiger partial charge in [-0.2, -0.15) is 5.10 Å². The lowest BCUT2D eigenvalue weighted by molar-refractivity contribution is 0.607. The molecule has 1 heterocycles. The lowest BCUT2D eigenvalue weighted by atomic mass is 10.1. The molecule has 0 saturated carbocycles. The quantitative estimate of drug-likeness (QED) is 0.646. The number of hydrogen-bond acceptors (Lipinski definition) is 2. The molecule has 0 aliphatic carbocycles. The van der Waals surface area contributed by atoms with Gasteiger partial charge in [-0.3, -0.25) is 4.68 Å². The van der Waals surface area contributed by atoms with Crippen LogP contribution in [0, 0.1) is 26.6 Å². The van der Waals surface area contributed by atoms with Crippen molar-refractivity contribution in [3.8, 4) is 0 Å². The predicted octanol–water partition coefficient (Wildman–Crippen LogP) is 3.30. The van der Waals surface area contributed by atoms with Gasteiger partial charge in [-0.25, -0.2) is 9.38 Å². The second kappa shape index (κ2) is 8.14. The SMILES string of the molecule is CCNC(=NCc1c(C)nn(C)c1C)NC(C)c1ccc(C)c(F)c1. The Morgan fingerprint density at radius 1 is 1.32 bits per heavy atom. The minimum Gasteiger partial charge on any atom is -0.357 e. The van der Waals surface area contributed by atoms with Gasteiger partial charge in [-0.15, -0.1) is 0 Å². The summed E-state index contributed by atoms with van der Waals surface area (Å²) < 4.78 is 15.7. The van der Waals surface area contributed by atoms with Crippen molar-refractivity contribution in [1.82, 2.24) is 20.4 Å². The molecular weight excluding hydrogens is 317 g/mol. The first-order valence-electron chi connectivity index (χ1n) is 8.63. The van der Waals surface area contributed by atoms with Crippen molar-refractivity contribution < 1.29 is 4.39 Å². The molecule has 2 rings (SSSR count). The van der Waals surface area contributed by atoms with Crippen LogP contribution in [0.3, 0.4) is 0 Å². The zero-order valence-corrected chi connectivity index (χ0v) is 15.9. The van der Waals surface area contributed by atoms with Crippen LogP contribution in [0.2, 0.25) is 0 Å². The summed E-state index contributed by atoms with van der Waals surface area (Å²) in [6, 6.07) is 5.26. The van der Waals surface area contributed by atoms with E-state index in [1.54, 1.807) is 19.1 Å². The van der Waals surface area contributed by atoms with Crippen LogP contribution in [0.4, 0.5) is 4.39 Å².